The lowest BCUT2D eigenvalue weighted by Crippen LogP contribution is -2.25. The molecular weight excluding hydrogens is 392 g/mol. The maximum atomic E-state index is 12.1. The maximum absolute atomic E-state index is 12.1. The van der Waals surface area contributed by atoms with E-state index in [-0.39, 0.29) is 5.91 Å². The molecule has 0 atom stereocenters. The zero-order valence-electron chi connectivity index (χ0n) is 17.6. The predicted molar refractivity (Wildman–Crippen MR) is 119 cm³/mol. The van der Waals surface area contributed by atoms with Crippen molar-refractivity contribution in [2.24, 2.45) is 0 Å². The molecule has 0 spiro atoms. The molecular formula is C24H26N4O3. The highest BCUT2D eigenvalue weighted by Gasteiger charge is 2.10. The number of benzene rings is 2. The summed E-state index contributed by atoms with van der Waals surface area (Å²) >= 11 is 0. The number of aryl methyl sites for hydroxylation is 2. The van der Waals surface area contributed by atoms with Crippen molar-refractivity contribution in [1.82, 2.24) is 20.0 Å². The summed E-state index contributed by atoms with van der Waals surface area (Å²) in [7, 11) is 1.63. The molecule has 0 saturated carbocycles. The van der Waals surface area contributed by atoms with Crippen LogP contribution in [0.2, 0.25) is 0 Å². The lowest BCUT2D eigenvalue weighted by Gasteiger charge is -2.07. The molecule has 0 radical (unpaired) electrons. The van der Waals surface area contributed by atoms with E-state index in [0.29, 0.717) is 37.5 Å². The number of aromatic nitrogens is 3. The van der Waals surface area contributed by atoms with Gasteiger partial charge >= 0.3 is 0 Å². The standard InChI is InChI=1S/C24H26N4O3/c1-30-20-12-10-19(11-13-20)24-26-23(31-27-24)9-4-8-22(29)25-15-5-16-28-17-14-18-6-2-3-7-21(18)28/h2-3,6-7,10-14,17H,4-5,8-9,15-16H2,1H3,(H,25,29). The smallest absolute Gasteiger partial charge is 0.226 e. The van der Waals surface area contributed by atoms with Crippen molar-refractivity contribution >= 4 is 16.8 Å². The predicted octanol–water partition coefficient (Wildman–Crippen LogP) is 4.23. The van der Waals surface area contributed by atoms with E-state index in [1.165, 1.54) is 10.9 Å². The van der Waals surface area contributed by atoms with Gasteiger partial charge in [0.1, 0.15) is 5.75 Å². The highest BCUT2D eigenvalue weighted by atomic mass is 16.5. The molecule has 2 aromatic carbocycles. The summed E-state index contributed by atoms with van der Waals surface area (Å²) in [5, 5.41) is 8.25. The molecule has 2 aromatic heterocycles. The number of amides is 1. The van der Waals surface area contributed by atoms with Gasteiger partial charge < -0.3 is 19.1 Å². The van der Waals surface area contributed by atoms with Crippen LogP contribution in [0.1, 0.15) is 25.2 Å². The number of carbonyl (C=O) groups excluding carboxylic acids is 1. The van der Waals surface area contributed by atoms with Crippen molar-refractivity contribution in [2.45, 2.75) is 32.2 Å². The minimum absolute atomic E-state index is 0.0484. The Balaban J connectivity index is 1.15. The van der Waals surface area contributed by atoms with Crippen molar-refractivity contribution in [3.05, 3.63) is 66.7 Å². The van der Waals surface area contributed by atoms with E-state index in [2.05, 4.69) is 44.4 Å². The topological polar surface area (TPSA) is 82.2 Å². The first-order valence-electron chi connectivity index (χ1n) is 10.5. The number of methoxy groups -OCH3 is 1. The van der Waals surface area contributed by atoms with Gasteiger partial charge in [-0.2, -0.15) is 4.98 Å². The van der Waals surface area contributed by atoms with Crippen molar-refractivity contribution in [1.29, 1.82) is 0 Å². The second-order valence-electron chi connectivity index (χ2n) is 7.37. The second-order valence-corrected chi connectivity index (χ2v) is 7.37. The summed E-state index contributed by atoms with van der Waals surface area (Å²) in [6.07, 6.45) is 4.66. The van der Waals surface area contributed by atoms with Gasteiger partial charge in [0.15, 0.2) is 0 Å². The van der Waals surface area contributed by atoms with E-state index in [9.17, 15) is 4.79 Å². The van der Waals surface area contributed by atoms with Crippen LogP contribution in [0.15, 0.2) is 65.3 Å². The number of nitrogens with one attached hydrogen (secondary N) is 1. The zero-order chi connectivity index (χ0) is 21.5. The molecule has 2 heterocycles. The van der Waals surface area contributed by atoms with Crippen molar-refractivity contribution in [2.75, 3.05) is 13.7 Å². The Morgan fingerprint density at radius 1 is 1.10 bits per heavy atom. The first-order valence-corrected chi connectivity index (χ1v) is 10.5. The van der Waals surface area contributed by atoms with Crippen LogP contribution < -0.4 is 10.1 Å². The van der Waals surface area contributed by atoms with Crippen molar-refractivity contribution in [3.8, 4) is 17.1 Å². The summed E-state index contributed by atoms with van der Waals surface area (Å²) in [4.78, 5) is 16.5. The summed E-state index contributed by atoms with van der Waals surface area (Å²) in [5.74, 6) is 1.91. The Bertz CT molecular complexity index is 1130. The third kappa shape index (κ3) is 5.31. The Labute approximate surface area is 181 Å². The first-order chi connectivity index (χ1) is 15.2. The van der Waals surface area contributed by atoms with Gasteiger partial charge in [-0.3, -0.25) is 4.79 Å². The van der Waals surface area contributed by atoms with E-state index in [4.69, 9.17) is 9.26 Å². The molecule has 0 aliphatic rings. The van der Waals surface area contributed by atoms with Gasteiger partial charge in [-0.05, 0) is 54.6 Å². The molecule has 0 fully saturated rings. The molecule has 0 unspecified atom stereocenters. The number of hydrogen-bond donors (Lipinski definition) is 1. The van der Waals surface area contributed by atoms with E-state index >= 15 is 0 Å². The maximum Gasteiger partial charge on any atom is 0.226 e. The molecule has 1 N–H and O–H groups in total. The Morgan fingerprint density at radius 2 is 1.94 bits per heavy atom. The van der Waals surface area contributed by atoms with Crippen molar-refractivity contribution in [3.63, 3.8) is 0 Å². The van der Waals surface area contributed by atoms with Crippen LogP contribution >= 0.6 is 0 Å². The number of carbonyl (C=O) groups is 1. The number of rotatable bonds is 10. The van der Waals surface area contributed by atoms with E-state index in [0.717, 1.165) is 24.3 Å². The molecule has 7 heteroatoms. The number of fused-ring (bicyclic) bond motifs is 1. The van der Waals surface area contributed by atoms with E-state index in [1.807, 2.05) is 36.4 Å². The van der Waals surface area contributed by atoms with E-state index < -0.39 is 0 Å². The van der Waals surface area contributed by atoms with Crippen LogP contribution in [-0.4, -0.2) is 34.3 Å². The van der Waals surface area contributed by atoms with Crippen LogP contribution in [0.4, 0.5) is 0 Å². The van der Waals surface area contributed by atoms with Gasteiger partial charge in [0.2, 0.25) is 17.6 Å². The number of ether oxygens (including phenoxy) is 1. The van der Waals surface area contributed by atoms with Gasteiger partial charge in [-0.1, -0.05) is 23.4 Å². The molecule has 0 bridgehead atoms. The zero-order valence-corrected chi connectivity index (χ0v) is 17.6. The van der Waals surface area contributed by atoms with Crippen LogP contribution in [-0.2, 0) is 17.8 Å². The summed E-state index contributed by atoms with van der Waals surface area (Å²) in [6, 6.07) is 17.9. The fourth-order valence-corrected chi connectivity index (χ4v) is 3.52. The van der Waals surface area contributed by atoms with Gasteiger partial charge in [-0.25, -0.2) is 0 Å². The second kappa shape index (κ2) is 9.93. The largest absolute Gasteiger partial charge is 0.497 e. The average molecular weight is 418 g/mol. The van der Waals surface area contributed by atoms with Gasteiger partial charge in [0, 0.05) is 43.2 Å². The monoisotopic (exact) mass is 418 g/mol. The Hall–Kier alpha value is -3.61. The fraction of sp³-hybridized carbons (Fsp3) is 0.292. The third-order valence-electron chi connectivity index (χ3n) is 5.19. The highest BCUT2D eigenvalue weighted by molar-refractivity contribution is 5.79. The molecule has 1 amide bonds. The number of nitrogens with zero attached hydrogens (tertiary/aromatic N) is 3. The first kappa shape index (κ1) is 20.7. The normalized spacial score (nSPS) is 11.0. The summed E-state index contributed by atoms with van der Waals surface area (Å²) in [6.45, 7) is 1.54. The lowest BCUT2D eigenvalue weighted by molar-refractivity contribution is -0.121. The lowest BCUT2D eigenvalue weighted by atomic mass is 10.2. The molecule has 160 valence electrons. The molecule has 0 aliphatic carbocycles. The minimum Gasteiger partial charge on any atom is -0.497 e. The molecule has 4 aromatic rings. The third-order valence-corrected chi connectivity index (χ3v) is 5.19. The van der Waals surface area contributed by atoms with Crippen LogP contribution in [0.5, 0.6) is 5.75 Å². The Morgan fingerprint density at radius 3 is 2.77 bits per heavy atom. The molecule has 0 saturated heterocycles. The molecule has 4 rings (SSSR count). The van der Waals surface area contributed by atoms with Gasteiger partial charge in [0.25, 0.3) is 0 Å². The summed E-state index contributed by atoms with van der Waals surface area (Å²) in [5.41, 5.74) is 2.09. The van der Waals surface area contributed by atoms with Crippen molar-refractivity contribution < 1.29 is 14.1 Å². The average Bonchev–Trinajstić information content (AvgIpc) is 3.44. The SMILES string of the molecule is COc1ccc(-c2noc(CCCC(=O)NCCCn3ccc4ccccc43)n2)cc1. The van der Waals surface area contributed by atoms with Crippen LogP contribution in [0.25, 0.3) is 22.3 Å². The van der Waals surface area contributed by atoms with E-state index in [1.54, 1.807) is 7.11 Å². The van der Waals surface area contributed by atoms with Gasteiger partial charge in [-0.15, -0.1) is 0 Å². The van der Waals surface area contributed by atoms with Crippen LogP contribution in [0, 0.1) is 0 Å². The quantitative estimate of drug-likeness (QED) is 0.390. The molecule has 31 heavy (non-hydrogen) atoms. The van der Waals surface area contributed by atoms with Crippen LogP contribution in [0.3, 0.4) is 0 Å². The number of hydrogen-bond acceptors (Lipinski definition) is 5. The molecule has 0 aliphatic heterocycles. The minimum atomic E-state index is 0.0484. The summed E-state index contributed by atoms with van der Waals surface area (Å²) < 4.78 is 12.7. The Kier molecular flexibility index (Phi) is 6.62. The highest BCUT2D eigenvalue weighted by Crippen LogP contribution is 2.20. The molecule has 7 nitrogen and oxygen atoms in total. The number of para-hydroxylation sites is 1. The fourth-order valence-electron chi connectivity index (χ4n) is 3.52. The van der Waals surface area contributed by atoms with Gasteiger partial charge in [0.05, 0.1) is 7.11 Å².